The Hall–Kier alpha value is -1.77. The van der Waals surface area contributed by atoms with E-state index in [-0.39, 0.29) is 24.8 Å². The lowest BCUT2D eigenvalue weighted by Gasteiger charge is -2.39. The summed E-state index contributed by atoms with van der Waals surface area (Å²) in [6.45, 7) is 4.45. The lowest BCUT2D eigenvalue weighted by molar-refractivity contribution is -0.125. The fourth-order valence-corrected chi connectivity index (χ4v) is 2.71. The monoisotopic (exact) mass is 338 g/mol. The number of hydrogen-bond donors (Lipinski definition) is 2. The van der Waals surface area contributed by atoms with Crippen molar-refractivity contribution >= 4 is 11.9 Å². The van der Waals surface area contributed by atoms with Gasteiger partial charge in [0.2, 0.25) is 5.95 Å². The van der Waals surface area contributed by atoms with E-state index in [1.165, 1.54) is 4.90 Å². The maximum Gasteiger partial charge on any atom is 0.273 e. The van der Waals surface area contributed by atoms with Crippen LogP contribution in [0.2, 0.25) is 0 Å². The van der Waals surface area contributed by atoms with Crippen molar-refractivity contribution in [2.45, 2.75) is 38.5 Å². The minimum absolute atomic E-state index is 0.0726. The van der Waals surface area contributed by atoms with Gasteiger partial charge in [-0.25, -0.2) is 9.97 Å². The third kappa shape index (κ3) is 4.00. The van der Waals surface area contributed by atoms with Crippen molar-refractivity contribution in [2.75, 3.05) is 38.8 Å². The largest absolute Gasteiger partial charge is 0.388 e. The predicted octanol–water partition coefficient (Wildman–Crippen LogP) is -0.176. The van der Waals surface area contributed by atoms with Crippen LogP contribution in [-0.4, -0.2) is 83.1 Å². The lowest BCUT2D eigenvalue weighted by atomic mass is 10.0. The number of nitrogens with zero attached hydrogens (tertiary/aromatic N) is 4. The number of aliphatic hydroxyl groups is 2. The molecule has 2 heterocycles. The second kappa shape index (κ2) is 7.87. The van der Waals surface area contributed by atoms with E-state index >= 15 is 0 Å². The smallest absolute Gasteiger partial charge is 0.273 e. The van der Waals surface area contributed by atoms with Gasteiger partial charge in [-0.2, -0.15) is 0 Å². The first-order chi connectivity index (χ1) is 11.3. The van der Waals surface area contributed by atoms with Gasteiger partial charge in [0.05, 0.1) is 19.3 Å². The third-order valence-corrected chi connectivity index (χ3v) is 3.95. The molecule has 1 aliphatic rings. The SMILES string of the molecule is CCCN(C(=O)c1cc(C)nc(N(C)C)n1)[C@@H]1COC[C@@H](O)[C@H]1O. The van der Waals surface area contributed by atoms with E-state index in [0.29, 0.717) is 18.2 Å². The Morgan fingerprint density at radius 1 is 1.33 bits per heavy atom. The molecule has 24 heavy (non-hydrogen) atoms. The van der Waals surface area contributed by atoms with E-state index in [4.69, 9.17) is 4.74 Å². The zero-order valence-corrected chi connectivity index (χ0v) is 14.6. The quantitative estimate of drug-likeness (QED) is 0.768. The number of ether oxygens (including phenoxy) is 1. The Labute approximate surface area is 142 Å². The summed E-state index contributed by atoms with van der Waals surface area (Å²) < 4.78 is 5.32. The second-order valence-electron chi connectivity index (χ2n) is 6.25. The number of hydrogen-bond acceptors (Lipinski definition) is 7. The molecule has 0 aromatic carbocycles. The summed E-state index contributed by atoms with van der Waals surface area (Å²) >= 11 is 0. The highest BCUT2D eigenvalue weighted by Crippen LogP contribution is 2.19. The Balaban J connectivity index is 2.32. The molecule has 0 unspecified atom stereocenters. The molecular weight excluding hydrogens is 312 g/mol. The number of carbonyl (C=O) groups is 1. The molecule has 1 aromatic heterocycles. The van der Waals surface area contributed by atoms with E-state index in [1.54, 1.807) is 17.9 Å². The summed E-state index contributed by atoms with van der Waals surface area (Å²) in [6, 6.07) is 1.03. The summed E-state index contributed by atoms with van der Waals surface area (Å²) in [5, 5.41) is 20.1. The standard InChI is InChI=1S/C16H26N4O4/c1-5-6-20(12-8-24-9-13(21)14(12)22)15(23)11-7-10(2)17-16(18-11)19(3)4/h7,12-14,21-22H,5-6,8-9H2,1-4H3/t12-,13-,14+/m1/s1. The first-order valence-electron chi connectivity index (χ1n) is 8.13. The van der Waals surface area contributed by atoms with Crippen LogP contribution in [0.15, 0.2) is 6.07 Å². The zero-order valence-electron chi connectivity index (χ0n) is 14.6. The molecule has 0 spiro atoms. The van der Waals surface area contributed by atoms with Crippen molar-refractivity contribution in [2.24, 2.45) is 0 Å². The van der Waals surface area contributed by atoms with Gasteiger partial charge in [0.15, 0.2) is 0 Å². The molecule has 1 aliphatic heterocycles. The molecule has 2 rings (SSSR count). The molecule has 1 aromatic rings. The van der Waals surface area contributed by atoms with Gasteiger partial charge < -0.3 is 24.7 Å². The van der Waals surface area contributed by atoms with Crippen LogP contribution in [0.25, 0.3) is 0 Å². The summed E-state index contributed by atoms with van der Waals surface area (Å²) in [7, 11) is 3.61. The van der Waals surface area contributed by atoms with Gasteiger partial charge in [-0.05, 0) is 19.4 Å². The average Bonchev–Trinajstić information content (AvgIpc) is 2.54. The average molecular weight is 338 g/mol. The van der Waals surface area contributed by atoms with E-state index < -0.39 is 18.2 Å². The fraction of sp³-hybridized carbons (Fsp3) is 0.688. The molecule has 0 saturated carbocycles. The summed E-state index contributed by atoms with van der Waals surface area (Å²) in [5.74, 6) is 0.155. The molecule has 134 valence electrons. The Kier molecular flexibility index (Phi) is 6.09. The van der Waals surface area contributed by atoms with Crippen LogP contribution in [0.1, 0.15) is 29.5 Å². The van der Waals surface area contributed by atoms with Crippen LogP contribution in [0.5, 0.6) is 0 Å². The summed E-state index contributed by atoms with van der Waals surface area (Å²) in [4.78, 5) is 24.9. The van der Waals surface area contributed by atoms with Crippen LogP contribution in [0.3, 0.4) is 0 Å². The highest BCUT2D eigenvalue weighted by Gasteiger charge is 2.38. The fourth-order valence-electron chi connectivity index (χ4n) is 2.71. The van der Waals surface area contributed by atoms with Gasteiger partial charge in [-0.15, -0.1) is 0 Å². The van der Waals surface area contributed by atoms with E-state index in [2.05, 4.69) is 9.97 Å². The zero-order chi connectivity index (χ0) is 17.9. The van der Waals surface area contributed by atoms with Crippen molar-refractivity contribution < 1.29 is 19.7 Å². The van der Waals surface area contributed by atoms with Crippen molar-refractivity contribution in [1.82, 2.24) is 14.9 Å². The predicted molar refractivity (Wildman–Crippen MR) is 89.0 cm³/mol. The topological polar surface area (TPSA) is 99.0 Å². The Morgan fingerprint density at radius 3 is 2.67 bits per heavy atom. The van der Waals surface area contributed by atoms with Crippen LogP contribution in [0.4, 0.5) is 5.95 Å². The van der Waals surface area contributed by atoms with Crippen LogP contribution < -0.4 is 4.90 Å². The molecular formula is C16H26N4O4. The highest BCUT2D eigenvalue weighted by atomic mass is 16.5. The number of amides is 1. The molecule has 0 bridgehead atoms. The van der Waals surface area contributed by atoms with Gasteiger partial charge in [0, 0.05) is 26.3 Å². The van der Waals surface area contributed by atoms with Gasteiger partial charge >= 0.3 is 0 Å². The molecule has 1 fully saturated rings. The number of aliphatic hydroxyl groups excluding tert-OH is 2. The first kappa shape index (κ1) is 18.6. The van der Waals surface area contributed by atoms with Gasteiger partial charge in [-0.3, -0.25) is 4.79 Å². The van der Waals surface area contributed by atoms with Crippen molar-refractivity contribution in [3.63, 3.8) is 0 Å². The van der Waals surface area contributed by atoms with Crippen LogP contribution in [-0.2, 0) is 4.74 Å². The molecule has 3 atom stereocenters. The van der Waals surface area contributed by atoms with Crippen LogP contribution in [0, 0.1) is 6.92 Å². The molecule has 0 radical (unpaired) electrons. The Morgan fingerprint density at radius 2 is 2.04 bits per heavy atom. The van der Waals surface area contributed by atoms with Crippen molar-refractivity contribution in [3.8, 4) is 0 Å². The minimum Gasteiger partial charge on any atom is -0.388 e. The normalized spacial score (nSPS) is 23.8. The number of aromatic nitrogens is 2. The number of aryl methyl sites for hydroxylation is 1. The number of anilines is 1. The van der Waals surface area contributed by atoms with E-state index in [1.807, 2.05) is 21.0 Å². The molecule has 8 nitrogen and oxygen atoms in total. The minimum atomic E-state index is -1.04. The third-order valence-electron chi connectivity index (χ3n) is 3.95. The van der Waals surface area contributed by atoms with E-state index in [9.17, 15) is 15.0 Å². The molecule has 2 N–H and O–H groups in total. The maximum atomic E-state index is 13.0. The van der Waals surface area contributed by atoms with Gasteiger partial charge in [-0.1, -0.05) is 6.92 Å². The molecule has 8 heteroatoms. The van der Waals surface area contributed by atoms with Gasteiger partial charge in [0.1, 0.15) is 17.9 Å². The maximum absolute atomic E-state index is 13.0. The number of rotatable bonds is 5. The van der Waals surface area contributed by atoms with Crippen molar-refractivity contribution in [3.05, 3.63) is 17.5 Å². The first-order valence-corrected chi connectivity index (χ1v) is 8.13. The molecule has 1 saturated heterocycles. The molecule has 1 amide bonds. The second-order valence-corrected chi connectivity index (χ2v) is 6.25. The Bertz CT molecular complexity index is 581. The summed E-state index contributed by atoms with van der Waals surface area (Å²) in [5.41, 5.74) is 0.959. The highest BCUT2D eigenvalue weighted by molar-refractivity contribution is 5.93. The number of carbonyl (C=O) groups excluding carboxylic acids is 1. The van der Waals surface area contributed by atoms with Gasteiger partial charge in [0.25, 0.3) is 5.91 Å². The van der Waals surface area contributed by atoms with Crippen molar-refractivity contribution in [1.29, 1.82) is 0 Å². The lowest BCUT2D eigenvalue weighted by Crippen LogP contribution is -2.57. The molecule has 0 aliphatic carbocycles. The van der Waals surface area contributed by atoms with E-state index in [0.717, 1.165) is 6.42 Å². The van der Waals surface area contributed by atoms with Crippen LogP contribution >= 0.6 is 0 Å². The summed E-state index contributed by atoms with van der Waals surface area (Å²) in [6.07, 6.45) is -1.32.